The predicted molar refractivity (Wildman–Crippen MR) is 94.1 cm³/mol. The van der Waals surface area contributed by atoms with Crippen LogP contribution in [-0.4, -0.2) is 63.2 Å². The van der Waals surface area contributed by atoms with E-state index in [0.29, 0.717) is 30.3 Å². The van der Waals surface area contributed by atoms with E-state index in [1.807, 2.05) is 11.8 Å². The lowest BCUT2D eigenvalue weighted by atomic mass is 10.1. The van der Waals surface area contributed by atoms with Crippen LogP contribution >= 0.6 is 0 Å². The maximum absolute atomic E-state index is 12.8. The fourth-order valence-electron chi connectivity index (χ4n) is 3.47. The molecule has 2 fully saturated rings. The first-order valence-electron chi connectivity index (χ1n) is 8.58. The summed E-state index contributed by atoms with van der Waals surface area (Å²) in [6.07, 6.45) is 0.245. The van der Waals surface area contributed by atoms with Gasteiger partial charge >= 0.3 is 0 Å². The van der Waals surface area contributed by atoms with Gasteiger partial charge in [-0.2, -0.15) is 0 Å². The molecule has 2 atom stereocenters. The number of carbonyl (C=O) groups excluding carboxylic acids is 2. The molecule has 2 aliphatic heterocycles. The summed E-state index contributed by atoms with van der Waals surface area (Å²) in [5.74, 6) is 0.960. The van der Waals surface area contributed by atoms with Crippen LogP contribution in [0.2, 0.25) is 0 Å². The Hall–Kier alpha value is -2.28. The molecule has 25 heavy (non-hydrogen) atoms. The minimum absolute atomic E-state index is 0.0450. The number of hydrogen-bond donors (Lipinski definition) is 1. The Labute approximate surface area is 147 Å². The highest BCUT2D eigenvalue weighted by Gasteiger charge is 2.39. The van der Waals surface area contributed by atoms with Crippen molar-refractivity contribution >= 4 is 17.5 Å². The number of anilines is 1. The van der Waals surface area contributed by atoms with Gasteiger partial charge in [-0.25, -0.2) is 0 Å². The largest absolute Gasteiger partial charge is 0.497 e. The zero-order valence-electron chi connectivity index (χ0n) is 14.9. The van der Waals surface area contributed by atoms with Gasteiger partial charge in [-0.15, -0.1) is 0 Å². The summed E-state index contributed by atoms with van der Waals surface area (Å²) in [4.78, 5) is 28.9. The molecule has 2 heterocycles. The number of hydrogen-bond acceptors (Lipinski definition) is 5. The van der Waals surface area contributed by atoms with Gasteiger partial charge in [-0.1, -0.05) is 0 Å². The molecule has 0 saturated carbocycles. The number of piperazine rings is 1. The van der Waals surface area contributed by atoms with Crippen LogP contribution in [0.15, 0.2) is 18.2 Å². The van der Waals surface area contributed by atoms with E-state index in [0.717, 1.165) is 13.1 Å². The van der Waals surface area contributed by atoms with Crippen molar-refractivity contribution in [1.82, 2.24) is 10.2 Å². The van der Waals surface area contributed by atoms with E-state index in [2.05, 4.69) is 5.32 Å². The minimum Gasteiger partial charge on any atom is -0.497 e. The first-order chi connectivity index (χ1) is 12.0. The molecule has 2 saturated heterocycles. The van der Waals surface area contributed by atoms with Crippen molar-refractivity contribution in [3.8, 4) is 11.5 Å². The fourth-order valence-corrected chi connectivity index (χ4v) is 3.47. The Morgan fingerprint density at radius 1 is 1.20 bits per heavy atom. The monoisotopic (exact) mass is 347 g/mol. The molecule has 1 N–H and O–H groups in total. The Morgan fingerprint density at radius 2 is 1.88 bits per heavy atom. The van der Waals surface area contributed by atoms with E-state index < -0.39 is 0 Å². The van der Waals surface area contributed by atoms with E-state index in [-0.39, 0.29) is 30.2 Å². The molecule has 0 bridgehead atoms. The van der Waals surface area contributed by atoms with Crippen molar-refractivity contribution < 1.29 is 19.1 Å². The van der Waals surface area contributed by atoms with Crippen molar-refractivity contribution in [2.75, 3.05) is 45.3 Å². The van der Waals surface area contributed by atoms with Gasteiger partial charge in [0.2, 0.25) is 11.8 Å². The maximum Gasteiger partial charge on any atom is 0.228 e. The second-order valence-electron chi connectivity index (χ2n) is 6.56. The molecule has 136 valence electrons. The second kappa shape index (κ2) is 7.31. The number of amides is 2. The second-order valence-corrected chi connectivity index (χ2v) is 6.56. The number of rotatable bonds is 4. The van der Waals surface area contributed by atoms with E-state index in [1.165, 1.54) is 0 Å². The molecule has 0 radical (unpaired) electrons. The van der Waals surface area contributed by atoms with Crippen molar-refractivity contribution in [3.63, 3.8) is 0 Å². The van der Waals surface area contributed by atoms with Gasteiger partial charge in [0.15, 0.2) is 0 Å². The van der Waals surface area contributed by atoms with Gasteiger partial charge in [0, 0.05) is 56.8 Å². The topological polar surface area (TPSA) is 71.1 Å². The third-order valence-corrected chi connectivity index (χ3v) is 4.91. The quantitative estimate of drug-likeness (QED) is 0.875. The Balaban J connectivity index is 1.77. The molecule has 2 amide bonds. The third-order valence-electron chi connectivity index (χ3n) is 4.91. The van der Waals surface area contributed by atoms with Crippen molar-refractivity contribution in [2.24, 2.45) is 5.92 Å². The predicted octanol–water partition coefficient (Wildman–Crippen LogP) is 0.877. The van der Waals surface area contributed by atoms with Crippen LogP contribution in [0.1, 0.15) is 13.3 Å². The summed E-state index contributed by atoms with van der Waals surface area (Å²) in [6, 6.07) is 5.50. The minimum atomic E-state index is -0.301. The molecule has 3 rings (SSSR count). The van der Waals surface area contributed by atoms with Crippen molar-refractivity contribution in [2.45, 2.75) is 19.4 Å². The first kappa shape index (κ1) is 17.5. The van der Waals surface area contributed by atoms with Crippen molar-refractivity contribution in [1.29, 1.82) is 0 Å². The summed E-state index contributed by atoms with van der Waals surface area (Å²) in [6.45, 7) is 4.71. The highest BCUT2D eigenvalue weighted by atomic mass is 16.5. The van der Waals surface area contributed by atoms with Crippen LogP contribution in [-0.2, 0) is 9.59 Å². The van der Waals surface area contributed by atoms with Crippen LogP contribution in [0.5, 0.6) is 11.5 Å². The molecule has 2 unspecified atom stereocenters. The zero-order valence-corrected chi connectivity index (χ0v) is 14.9. The summed E-state index contributed by atoms with van der Waals surface area (Å²) >= 11 is 0. The number of nitrogens with zero attached hydrogens (tertiary/aromatic N) is 2. The van der Waals surface area contributed by atoms with Gasteiger partial charge in [-0.05, 0) is 6.92 Å². The van der Waals surface area contributed by atoms with E-state index in [1.54, 1.807) is 37.3 Å². The average molecular weight is 347 g/mol. The van der Waals surface area contributed by atoms with Gasteiger partial charge < -0.3 is 24.6 Å². The van der Waals surface area contributed by atoms with E-state index in [9.17, 15) is 9.59 Å². The van der Waals surface area contributed by atoms with Crippen LogP contribution in [0.25, 0.3) is 0 Å². The van der Waals surface area contributed by atoms with Gasteiger partial charge in [0.05, 0.1) is 25.8 Å². The highest BCUT2D eigenvalue weighted by molar-refractivity contribution is 6.00. The molecule has 1 aromatic rings. The molecule has 0 spiro atoms. The van der Waals surface area contributed by atoms with Crippen LogP contribution in [0, 0.1) is 5.92 Å². The standard InChI is InChI=1S/C18H25N3O4/c1-12-10-19-4-5-20(12)18(23)13-6-17(22)21(11-13)14-7-15(24-2)9-16(8-14)25-3/h7-9,12-13,19H,4-6,10-11H2,1-3H3. The molecule has 7 nitrogen and oxygen atoms in total. The smallest absolute Gasteiger partial charge is 0.228 e. The zero-order chi connectivity index (χ0) is 18.0. The van der Waals surface area contributed by atoms with Crippen molar-refractivity contribution in [3.05, 3.63) is 18.2 Å². The number of ether oxygens (including phenoxy) is 2. The van der Waals surface area contributed by atoms with Gasteiger partial charge in [-0.3, -0.25) is 9.59 Å². The number of methoxy groups -OCH3 is 2. The Morgan fingerprint density at radius 3 is 2.48 bits per heavy atom. The van der Waals surface area contributed by atoms with Gasteiger partial charge in [0.25, 0.3) is 0 Å². The molecule has 0 aromatic heterocycles. The lowest BCUT2D eigenvalue weighted by molar-refractivity contribution is -0.138. The van der Waals surface area contributed by atoms with Crippen LogP contribution in [0.3, 0.4) is 0 Å². The SMILES string of the molecule is COc1cc(OC)cc(N2CC(C(=O)N3CCNCC3C)CC2=O)c1. The Bertz CT molecular complexity index is 641. The fraction of sp³-hybridized carbons (Fsp3) is 0.556. The molecular weight excluding hydrogens is 322 g/mol. The first-order valence-corrected chi connectivity index (χ1v) is 8.58. The number of carbonyl (C=O) groups is 2. The lowest BCUT2D eigenvalue weighted by Crippen LogP contribution is -2.54. The van der Waals surface area contributed by atoms with Gasteiger partial charge in [0.1, 0.15) is 11.5 Å². The molecular formula is C18H25N3O4. The summed E-state index contributed by atoms with van der Waals surface area (Å²) < 4.78 is 10.6. The normalized spacial score (nSPS) is 23.7. The Kier molecular flexibility index (Phi) is 5.13. The van der Waals surface area contributed by atoms with E-state index >= 15 is 0 Å². The third kappa shape index (κ3) is 3.56. The molecule has 0 aliphatic carbocycles. The highest BCUT2D eigenvalue weighted by Crippen LogP contribution is 2.33. The van der Waals surface area contributed by atoms with Crippen LogP contribution < -0.4 is 19.7 Å². The van der Waals surface area contributed by atoms with E-state index in [4.69, 9.17) is 9.47 Å². The lowest BCUT2D eigenvalue weighted by Gasteiger charge is -2.35. The molecule has 2 aliphatic rings. The summed E-state index contributed by atoms with van der Waals surface area (Å²) in [7, 11) is 3.14. The maximum atomic E-state index is 12.8. The summed E-state index contributed by atoms with van der Waals surface area (Å²) in [5, 5.41) is 3.28. The molecule has 7 heteroatoms. The average Bonchev–Trinajstić information content (AvgIpc) is 3.02. The van der Waals surface area contributed by atoms with Crippen LogP contribution in [0.4, 0.5) is 5.69 Å². The number of benzene rings is 1. The number of nitrogens with one attached hydrogen (secondary N) is 1. The molecule has 1 aromatic carbocycles. The summed E-state index contributed by atoms with van der Waals surface area (Å²) in [5.41, 5.74) is 0.699.